The van der Waals surface area contributed by atoms with Gasteiger partial charge in [-0.05, 0) is 170 Å². The van der Waals surface area contributed by atoms with Crippen LogP contribution in [0.4, 0.5) is 96.6 Å². The van der Waals surface area contributed by atoms with Crippen molar-refractivity contribution in [3.05, 3.63) is 260 Å². The Kier molecular flexibility index (Phi) is 35.3. The van der Waals surface area contributed by atoms with Gasteiger partial charge in [-0.15, -0.1) is 26.3 Å². The van der Waals surface area contributed by atoms with Crippen LogP contribution in [0.25, 0.3) is 0 Å². The molecule has 0 aliphatic rings. The number of hydrogen-bond donors (Lipinski definition) is 0. The van der Waals surface area contributed by atoms with Gasteiger partial charge in [0.2, 0.25) is 0 Å². The lowest BCUT2D eigenvalue weighted by atomic mass is 9.85. The fourth-order valence-electron chi connectivity index (χ4n) is 9.11. The summed E-state index contributed by atoms with van der Waals surface area (Å²) >= 11 is 0. The number of alkyl halides is 21. The Morgan fingerprint density at radius 1 is 0.239 bits per heavy atom. The minimum absolute atomic E-state index is 0.0362. The second-order valence-corrected chi connectivity index (χ2v) is 34.6. The van der Waals surface area contributed by atoms with Gasteiger partial charge in [0.25, 0.3) is 0 Å². The predicted molar refractivity (Wildman–Crippen MR) is 405 cm³/mol. The standard InChI is InChI=1S/C12H15F3.2C11H13F3O.2C11H13F3.C11H15F.2C10H12F3N/c1-8-5-6-9(11(2,3)4)7-10(8)12(13,14)15;1-10(2,3)8-4-6-9(7-5-8)15-11(12,13)14;1-10(2,3)8-5-4-6-9(7-8)15-11(12,13)14;1-10(2,3)8-4-6-9(7-5-8)11(12,13)14;1-10(2,3)8-5-4-6-9(7-8)11(12,13)14;1-8-5-6-9(7-10(8)12)11(2,3)4;1-9(2,3)8-5-4-7(6-14-8)10(11,12)13;1-9(2,3)7-5-4-6-8(14-7)10(11,12)13/h5-7H,1-4H3;2*4-7H,1-3H3;2*4-7H,1-3H3;5-7H,1-4H3;2*4-6H,1-3H3. The molecule has 0 aliphatic carbocycles. The third kappa shape index (κ3) is 39.1. The molecule has 113 heavy (non-hydrogen) atoms. The van der Waals surface area contributed by atoms with Gasteiger partial charge in [-0.3, -0.25) is 4.98 Å². The van der Waals surface area contributed by atoms with E-state index in [4.69, 9.17) is 0 Å². The Hall–Kier alpha value is -8.32. The third-order valence-electron chi connectivity index (χ3n) is 16.1. The lowest BCUT2D eigenvalue weighted by Crippen LogP contribution is -2.18. The summed E-state index contributed by atoms with van der Waals surface area (Å²) in [5.74, 6) is -0.465. The number of ether oxygens (including phenoxy) is 2. The predicted octanol–water partition coefficient (Wildman–Crippen LogP) is 30.3. The van der Waals surface area contributed by atoms with Crippen LogP contribution in [-0.4, -0.2) is 22.7 Å². The Bertz CT molecular complexity index is 3920. The average molecular weight is 1630 g/mol. The zero-order valence-corrected chi connectivity index (χ0v) is 68.7. The van der Waals surface area contributed by atoms with Crippen LogP contribution in [0, 0.1) is 19.7 Å². The molecule has 4 nitrogen and oxygen atoms in total. The molecule has 0 saturated heterocycles. The van der Waals surface area contributed by atoms with Crippen LogP contribution in [-0.2, 0) is 74.2 Å². The number of nitrogens with zero attached hydrogens (tertiary/aromatic N) is 2. The van der Waals surface area contributed by atoms with Gasteiger partial charge >= 0.3 is 43.6 Å². The lowest BCUT2D eigenvalue weighted by Gasteiger charge is -2.21. The van der Waals surface area contributed by atoms with Gasteiger partial charge in [0.05, 0.1) is 22.3 Å². The summed E-state index contributed by atoms with van der Waals surface area (Å²) in [4.78, 5) is 7.39. The van der Waals surface area contributed by atoms with Crippen LogP contribution in [0.15, 0.2) is 170 Å². The van der Waals surface area contributed by atoms with E-state index >= 15 is 0 Å². The van der Waals surface area contributed by atoms with E-state index in [0.717, 1.165) is 58.8 Å². The van der Waals surface area contributed by atoms with Gasteiger partial charge in [-0.1, -0.05) is 251 Å². The summed E-state index contributed by atoms with van der Waals surface area (Å²) in [6.07, 6.45) is -29.8. The molecule has 0 unspecified atom stereocenters. The average Bonchev–Trinajstić information content (AvgIpc) is 0.800. The maximum atomic E-state index is 13.1. The van der Waals surface area contributed by atoms with Crippen molar-refractivity contribution in [1.29, 1.82) is 0 Å². The molecule has 8 rings (SSSR count). The number of aromatic nitrogens is 2. The van der Waals surface area contributed by atoms with Gasteiger partial charge in [0.1, 0.15) is 23.0 Å². The Morgan fingerprint density at radius 2 is 0.558 bits per heavy atom. The van der Waals surface area contributed by atoms with E-state index in [1.807, 2.05) is 158 Å². The molecule has 2 aromatic heterocycles. The number of hydrogen-bond acceptors (Lipinski definition) is 4. The summed E-state index contributed by atoms with van der Waals surface area (Å²) in [5.41, 5.74) is 2.59. The van der Waals surface area contributed by atoms with Crippen LogP contribution < -0.4 is 9.47 Å². The minimum atomic E-state index is -4.63. The van der Waals surface area contributed by atoms with Gasteiger partial charge < -0.3 is 9.47 Å². The molecular weight excluding hydrogens is 1520 g/mol. The largest absolute Gasteiger partial charge is 0.573 e. The zero-order valence-electron chi connectivity index (χ0n) is 68.7. The number of halogens is 22. The van der Waals surface area contributed by atoms with Crippen LogP contribution in [0.2, 0.25) is 0 Å². The fraction of sp³-hybridized carbons (Fsp3) is 0.471. The van der Waals surface area contributed by atoms with Crippen molar-refractivity contribution < 1.29 is 106 Å². The van der Waals surface area contributed by atoms with E-state index in [1.54, 1.807) is 55.5 Å². The van der Waals surface area contributed by atoms with Crippen LogP contribution >= 0.6 is 0 Å². The zero-order chi connectivity index (χ0) is 88.5. The quantitative estimate of drug-likeness (QED) is 0.162. The summed E-state index contributed by atoms with van der Waals surface area (Å²) in [6.45, 7) is 49.8. The van der Waals surface area contributed by atoms with E-state index in [1.165, 1.54) is 79.7 Å². The first-order chi connectivity index (χ1) is 50.2. The van der Waals surface area contributed by atoms with Gasteiger partial charge in [0, 0.05) is 28.4 Å². The van der Waals surface area contributed by atoms with Crippen molar-refractivity contribution in [2.45, 2.75) is 267 Å². The molecule has 26 heteroatoms. The molecule has 0 N–H and O–H groups in total. The molecule has 6 aromatic carbocycles. The van der Waals surface area contributed by atoms with Gasteiger partial charge in [-0.2, -0.15) is 65.9 Å². The SMILES string of the molecule is CC(C)(C)c1ccc(C(F)(F)F)cc1.CC(C)(C)c1ccc(C(F)(F)F)cn1.CC(C)(C)c1ccc(OC(F)(F)F)cc1.CC(C)(C)c1cccc(C(F)(F)F)c1.CC(C)(C)c1cccc(C(F)(F)F)n1.CC(C)(C)c1cccc(OC(F)(F)F)c1.Cc1ccc(C(C)(C)C)cc1C(F)(F)F.Cc1ccc(C(C)(C)C)cc1F. The maximum absolute atomic E-state index is 13.1. The first kappa shape index (κ1) is 103. The van der Waals surface area contributed by atoms with E-state index in [9.17, 15) is 96.6 Å². The second kappa shape index (κ2) is 38.9. The summed E-state index contributed by atoms with van der Waals surface area (Å²) < 4.78 is 277. The first-order valence-electron chi connectivity index (χ1n) is 35.4. The monoisotopic (exact) mass is 1630 g/mol. The molecule has 0 saturated carbocycles. The normalized spacial score (nSPS) is 12.8. The third-order valence-corrected chi connectivity index (χ3v) is 16.1. The molecule has 0 radical (unpaired) electrons. The molecule has 0 aliphatic heterocycles. The minimum Gasteiger partial charge on any atom is -0.406 e. The summed E-state index contributed by atoms with van der Waals surface area (Å²) in [5, 5.41) is 0. The van der Waals surface area contributed by atoms with E-state index in [-0.39, 0.29) is 66.2 Å². The van der Waals surface area contributed by atoms with Crippen molar-refractivity contribution in [3.63, 3.8) is 0 Å². The molecule has 0 fully saturated rings. The van der Waals surface area contributed by atoms with E-state index in [2.05, 4.69) is 40.2 Å². The van der Waals surface area contributed by atoms with Gasteiger partial charge in [-0.25, -0.2) is 9.37 Å². The highest BCUT2D eigenvalue weighted by Gasteiger charge is 2.38. The Morgan fingerprint density at radius 3 is 0.912 bits per heavy atom. The smallest absolute Gasteiger partial charge is 0.406 e. The first-order valence-corrected chi connectivity index (χ1v) is 35.4. The molecule has 2 heterocycles. The van der Waals surface area contributed by atoms with Crippen molar-refractivity contribution >= 4 is 0 Å². The molecule has 0 atom stereocenters. The maximum Gasteiger partial charge on any atom is 0.573 e. The number of aryl methyl sites for hydroxylation is 2. The summed E-state index contributed by atoms with van der Waals surface area (Å²) in [6, 6.07) is 39.2. The lowest BCUT2D eigenvalue weighted by molar-refractivity contribution is -0.275. The topological polar surface area (TPSA) is 44.2 Å². The number of rotatable bonds is 2. The Balaban J connectivity index is 0.000000646. The molecule has 0 amide bonds. The summed E-state index contributed by atoms with van der Waals surface area (Å²) in [7, 11) is 0. The fourth-order valence-corrected chi connectivity index (χ4v) is 9.11. The van der Waals surface area contributed by atoms with E-state index < -0.39 is 71.6 Å². The molecule has 0 spiro atoms. The van der Waals surface area contributed by atoms with Crippen molar-refractivity contribution in [1.82, 2.24) is 9.97 Å². The van der Waals surface area contributed by atoms with Crippen molar-refractivity contribution in [3.8, 4) is 11.5 Å². The molecule has 8 aromatic rings. The van der Waals surface area contributed by atoms with Crippen LogP contribution in [0.1, 0.15) is 250 Å². The highest BCUT2D eigenvalue weighted by molar-refractivity contribution is 5.38. The highest BCUT2D eigenvalue weighted by atomic mass is 19.4. The van der Waals surface area contributed by atoms with Gasteiger partial charge in [0.15, 0.2) is 0 Å². The number of pyridine rings is 2. The van der Waals surface area contributed by atoms with E-state index in [0.29, 0.717) is 28.1 Å². The van der Waals surface area contributed by atoms with Crippen LogP contribution in [0.5, 0.6) is 11.5 Å². The van der Waals surface area contributed by atoms with Crippen molar-refractivity contribution in [2.75, 3.05) is 0 Å². The molecule has 0 bridgehead atoms. The molecule has 630 valence electrons. The Labute approximate surface area is 651 Å². The van der Waals surface area contributed by atoms with Crippen LogP contribution in [0.3, 0.4) is 0 Å². The highest BCUT2D eigenvalue weighted by Crippen LogP contribution is 2.39. The second-order valence-electron chi connectivity index (χ2n) is 34.6. The molecular formula is C87H106F22N2O2. The number of benzene rings is 6. The van der Waals surface area contributed by atoms with Crippen molar-refractivity contribution in [2.24, 2.45) is 0 Å².